The van der Waals surface area contributed by atoms with Crippen molar-refractivity contribution in [2.24, 2.45) is 5.92 Å². The Morgan fingerprint density at radius 2 is 2.00 bits per heavy atom. The zero-order chi connectivity index (χ0) is 17.7. The van der Waals surface area contributed by atoms with Crippen LogP contribution in [0, 0.1) is 5.92 Å². The maximum absolute atomic E-state index is 12.7. The maximum Gasteiger partial charge on any atom is 0.227 e. The third-order valence-corrected chi connectivity index (χ3v) is 6.29. The van der Waals surface area contributed by atoms with Gasteiger partial charge in [0.1, 0.15) is 5.75 Å². The van der Waals surface area contributed by atoms with Gasteiger partial charge < -0.3 is 9.64 Å². The van der Waals surface area contributed by atoms with Gasteiger partial charge >= 0.3 is 0 Å². The first-order valence-electron chi connectivity index (χ1n) is 8.23. The summed E-state index contributed by atoms with van der Waals surface area (Å²) < 4.78 is 30.7. The molecule has 1 fully saturated rings. The number of nitrogens with zero attached hydrogens (tertiary/aromatic N) is 2. The van der Waals surface area contributed by atoms with Crippen LogP contribution in [0.3, 0.4) is 0 Å². The van der Waals surface area contributed by atoms with Crippen LogP contribution in [-0.2, 0) is 21.4 Å². The zero-order valence-corrected chi connectivity index (χ0v) is 15.4. The van der Waals surface area contributed by atoms with Crippen molar-refractivity contribution in [3.63, 3.8) is 0 Å². The first-order chi connectivity index (χ1) is 11.4. The fraction of sp³-hybridized carbons (Fsp3) is 0.588. The molecule has 0 radical (unpaired) electrons. The summed E-state index contributed by atoms with van der Waals surface area (Å²) in [7, 11) is 0.147. The highest BCUT2D eigenvalue weighted by molar-refractivity contribution is 7.89. The molecule has 1 amide bonds. The molecule has 2 rings (SSSR count). The van der Waals surface area contributed by atoms with Crippen molar-refractivity contribution in [1.29, 1.82) is 0 Å². The molecular formula is C17H26N2O4S. The third kappa shape index (κ3) is 4.48. The molecule has 7 heteroatoms. The van der Waals surface area contributed by atoms with Crippen molar-refractivity contribution in [2.75, 3.05) is 33.0 Å². The van der Waals surface area contributed by atoms with Crippen LogP contribution < -0.4 is 4.74 Å². The van der Waals surface area contributed by atoms with Gasteiger partial charge in [0.2, 0.25) is 15.9 Å². The van der Waals surface area contributed by atoms with Gasteiger partial charge in [0, 0.05) is 26.7 Å². The van der Waals surface area contributed by atoms with Crippen LogP contribution in [0.15, 0.2) is 24.3 Å². The number of carbonyl (C=O) groups excluding carboxylic acids is 1. The molecule has 0 N–H and O–H groups in total. The molecule has 6 nitrogen and oxygen atoms in total. The van der Waals surface area contributed by atoms with E-state index in [0.717, 1.165) is 24.2 Å². The highest BCUT2D eigenvalue weighted by Gasteiger charge is 2.32. The smallest absolute Gasteiger partial charge is 0.227 e. The number of hydrogen-bond acceptors (Lipinski definition) is 4. The topological polar surface area (TPSA) is 66.9 Å². The summed E-state index contributed by atoms with van der Waals surface area (Å²) in [4.78, 5) is 14.3. The summed E-state index contributed by atoms with van der Waals surface area (Å²) in [5, 5.41) is 0. The Morgan fingerprint density at radius 3 is 2.58 bits per heavy atom. The zero-order valence-electron chi connectivity index (χ0n) is 14.6. The minimum absolute atomic E-state index is 0.00169. The second-order valence-electron chi connectivity index (χ2n) is 6.14. The van der Waals surface area contributed by atoms with E-state index in [0.29, 0.717) is 19.6 Å². The largest absolute Gasteiger partial charge is 0.497 e. The molecule has 0 unspecified atom stereocenters. The molecule has 1 saturated heterocycles. The summed E-state index contributed by atoms with van der Waals surface area (Å²) >= 11 is 0. The average Bonchev–Trinajstić information content (AvgIpc) is 2.61. The lowest BCUT2D eigenvalue weighted by molar-refractivity contribution is -0.135. The second-order valence-corrected chi connectivity index (χ2v) is 8.40. The number of hydrogen-bond donors (Lipinski definition) is 0. The van der Waals surface area contributed by atoms with Gasteiger partial charge in [-0.2, -0.15) is 0 Å². The molecule has 0 saturated carbocycles. The quantitative estimate of drug-likeness (QED) is 0.780. The molecule has 0 spiro atoms. The first-order valence-corrected chi connectivity index (χ1v) is 9.84. The van der Waals surface area contributed by atoms with Crippen LogP contribution in [0.2, 0.25) is 0 Å². The predicted octanol–water partition coefficient (Wildman–Crippen LogP) is 1.72. The minimum Gasteiger partial charge on any atom is -0.497 e. The molecule has 1 atom stereocenters. The van der Waals surface area contributed by atoms with E-state index in [2.05, 4.69) is 0 Å². The van der Waals surface area contributed by atoms with Gasteiger partial charge in [0.15, 0.2) is 0 Å². The van der Waals surface area contributed by atoms with Crippen molar-refractivity contribution in [2.45, 2.75) is 26.3 Å². The van der Waals surface area contributed by atoms with Crippen LogP contribution in [0.4, 0.5) is 0 Å². The lowest BCUT2D eigenvalue weighted by Gasteiger charge is -2.33. The lowest BCUT2D eigenvalue weighted by Crippen LogP contribution is -2.46. The molecule has 1 heterocycles. The fourth-order valence-corrected chi connectivity index (χ4v) is 4.15. The van der Waals surface area contributed by atoms with Gasteiger partial charge in [-0.25, -0.2) is 12.7 Å². The SMILES string of the molecule is CCS(=O)(=O)N1CCC[C@H](C(=O)N(C)Cc2ccc(OC)cc2)C1. The van der Waals surface area contributed by atoms with Gasteiger partial charge in [-0.3, -0.25) is 4.79 Å². The molecule has 0 bridgehead atoms. The summed E-state index contributed by atoms with van der Waals surface area (Å²) in [6.45, 7) is 2.94. The van der Waals surface area contributed by atoms with Crippen LogP contribution in [-0.4, -0.2) is 56.5 Å². The Bertz CT molecular complexity index is 658. The number of amides is 1. The Labute approximate surface area is 144 Å². The van der Waals surface area contributed by atoms with Crippen LogP contribution in [0.1, 0.15) is 25.3 Å². The molecule has 1 aromatic rings. The highest BCUT2D eigenvalue weighted by atomic mass is 32.2. The van der Waals surface area contributed by atoms with Crippen LogP contribution in [0.5, 0.6) is 5.75 Å². The molecule has 1 aliphatic rings. The van der Waals surface area contributed by atoms with E-state index in [1.807, 2.05) is 24.3 Å². The van der Waals surface area contributed by atoms with E-state index < -0.39 is 10.0 Å². The standard InChI is InChI=1S/C17H26N2O4S/c1-4-24(21,22)19-11-5-6-15(13-19)17(20)18(2)12-14-7-9-16(23-3)10-8-14/h7-10,15H,4-6,11-13H2,1-3H3/t15-/m0/s1. The molecule has 1 aliphatic heterocycles. The van der Waals surface area contributed by atoms with Gasteiger partial charge in [-0.05, 0) is 37.5 Å². The van der Waals surface area contributed by atoms with E-state index in [1.165, 1.54) is 4.31 Å². The molecule has 134 valence electrons. The fourth-order valence-electron chi connectivity index (χ4n) is 2.97. The number of benzene rings is 1. The molecule has 24 heavy (non-hydrogen) atoms. The van der Waals surface area contributed by atoms with E-state index in [-0.39, 0.29) is 17.6 Å². The maximum atomic E-state index is 12.7. The van der Waals surface area contributed by atoms with E-state index in [4.69, 9.17) is 4.74 Å². The van der Waals surface area contributed by atoms with E-state index in [1.54, 1.807) is 26.0 Å². The predicted molar refractivity (Wildman–Crippen MR) is 93.2 cm³/mol. The van der Waals surface area contributed by atoms with Gasteiger partial charge in [0.25, 0.3) is 0 Å². The Kier molecular flexibility index (Phi) is 6.23. The Morgan fingerprint density at radius 1 is 1.33 bits per heavy atom. The van der Waals surface area contributed by atoms with Crippen molar-refractivity contribution >= 4 is 15.9 Å². The first kappa shape index (κ1) is 18.7. The Balaban J connectivity index is 1.99. The molecule has 0 aromatic heterocycles. The van der Waals surface area contributed by atoms with Gasteiger partial charge in [0.05, 0.1) is 18.8 Å². The number of ether oxygens (including phenoxy) is 1. The number of piperidine rings is 1. The number of methoxy groups -OCH3 is 1. The van der Waals surface area contributed by atoms with E-state index in [9.17, 15) is 13.2 Å². The second kappa shape index (κ2) is 7.98. The van der Waals surface area contributed by atoms with Gasteiger partial charge in [-0.15, -0.1) is 0 Å². The van der Waals surface area contributed by atoms with Crippen molar-refractivity contribution in [3.8, 4) is 5.75 Å². The summed E-state index contributed by atoms with van der Waals surface area (Å²) in [5.41, 5.74) is 1.01. The summed E-state index contributed by atoms with van der Waals surface area (Å²) in [6.07, 6.45) is 1.47. The van der Waals surface area contributed by atoms with Crippen molar-refractivity contribution in [1.82, 2.24) is 9.21 Å². The van der Waals surface area contributed by atoms with E-state index >= 15 is 0 Å². The Hall–Kier alpha value is -1.60. The van der Waals surface area contributed by atoms with Gasteiger partial charge in [-0.1, -0.05) is 12.1 Å². The van der Waals surface area contributed by atoms with Crippen molar-refractivity contribution < 1.29 is 17.9 Å². The summed E-state index contributed by atoms with van der Waals surface area (Å²) in [6, 6.07) is 7.59. The monoisotopic (exact) mass is 354 g/mol. The third-order valence-electron chi connectivity index (χ3n) is 4.45. The highest BCUT2D eigenvalue weighted by Crippen LogP contribution is 2.22. The summed E-state index contributed by atoms with van der Waals surface area (Å²) in [5.74, 6) is 0.598. The number of carbonyl (C=O) groups is 1. The average molecular weight is 354 g/mol. The normalized spacial score (nSPS) is 19.0. The number of rotatable bonds is 6. The molecule has 0 aliphatic carbocycles. The molecule has 1 aromatic carbocycles. The lowest BCUT2D eigenvalue weighted by atomic mass is 9.98. The van der Waals surface area contributed by atoms with Crippen molar-refractivity contribution in [3.05, 3.63) is 29.8 Å². The number of sulfonamides is 1. The minimum atomic E-state index is -3.23. The van der Waals surface area contributed by atoms with Crippen LogP contribution >= 0.6 is 0 Å². The molecular weight excluding hydrogens is 328 g/mol. The van der Waals surface area contributed by atoms with Crippen LogP contribution in [0.25, 0.3) is 0 Å².